The molecule has 0 radical (unpaired) electrons. The fourth-order valence-corrected chi connectivity index (χ4v) is 1.41. The molecule has 2 heterocycles. The van der Waals surface area contributed by atoms with Crippen molar-refractivity contribution in [3.8, 4) is 0 Å². The summed E-state index contributed by atoms with van der Waals surface area (Å²) in [7, 11) is 0. The summed E-state index contributed by atoms with van der Waals surface area (Å²) in [6.45, 7) is 0.881. The molecule has 2 saturated heterocycles. The molecule has 0 aromatic rings. The molecule has 2 rings (SSSR count). The average molecular weight is 147 g/mol. The topological polar surface area (TPSA) is 38.7 Å². The van der Waals surface area contributed by atoms with Gasteiger partial charge in [0.2, 0.25) is 0 Å². The van der Waals surface area contributed by atoms with E-state index in [2.05, 4.69) is 0 Å². The summed E-state index contributed by atoms with van der Waals surface area (Å²) in [5.74, 6) is 0. The average Bonchev–Trinajstić information content (AvgIpc) is 2.41. The van der Waals surface area contributed by atoms with E-state index in [0.717, 1.165) is 0 Å². The summed E-state index contributed by atoms with van der Waals surface area (Å²) < 4.78 is 25.2. The maximum Gasteiger partial charge on any atom is 0.120 e. The van der Waals surface area contributed by atoms with Gasteiger partial charge >= 0.3 is 0 Å². The van der Waals surface area contributed by atoms with Gasteiger partial charge in [-0.3, -0.25) is 0 Å². The molecule has 58 valence electrons. The second kappa shape index (κ2) is 1.72. The standard InChI is InChI=1S/C7H12O3/c1-4-7(2)6(8)5(10-4)3-9-7/h4-6,8H,3H2,1-2H3/t4-,5-,6-,7-/m0/s1/i2D,3T/t3-,4+,5+,6+,7+/m1. The third-order valence-electron chi connectivity index (χ3n) is 2.28. The fraction of sp³-hybridized carbons (Fsp3) is 1.00. The molecule has 2 aliphatic heterocycles. The third kappa shape index (κ3) is 0.557. The Labute approximate surface area is 62.7 Å². The van der Waals surface area contributed by atoms with Crippen LogP contribution < -0.4 is 0 Å². The first-order chi connectivity index (χ1) is 5.62. The van der Waals surface area contributed by atoms with Gasteiger partial charge in [-0.25, -0.2) is 0 Å². The number of rotatable bonds is 0. The predicted octanol–water partition coefficient (Wildman–Crippen LogP) is -0.0765. The number of aliphatic hydroxyl groups excluding tert-OH is 1. The molecule has 0 unspecified atom stereocenters. The Morgan fingerprint density at radius 1 is 2.00 bits per heavy atom. The van der Waals surface area contributed by atoms with E-state index in [0.29, 0.717) is 0 Å². The van der Waals surface area contributed by atoms with Gasteiger partial charge in [-0.2, -0.15) is 0 Å². The highest BCUT2D eigenvalue weighted by atomic mass is 16.6. The molecule has 0 aliphatic carbocycles. The van der Waals surface area contributed by atoms with Crippen molar-refractivity contribution < 1.29 is 17.3 Å². The molecule has 2 aliphatic rings. The largest absolute Gasteiger partial charge is 0.387 e. The highest BCUT2D eigenvalue weighted by Gasteiger charge is 2.57. The minimum absolute atomic E-state index is 0.0544. The van der Waals surface area contributed by atoms with Crippen molar-refractivity contribution in [1.29, 1.82) is 0 Å². The van der Waals surface area contributed by atoms with Gasteiger partial charge in [-0.05, 0) is 13.8 Å². The first-order valence-corrected chi connectivity index (χ1v) is 3.34. The van der Waals surface area contributed by atoms with Crippen LogP contribution in [0.3, 0.4) is 0 Å². The zero-order valence-corrected chi connectivity index (χ0v) is 5.78. The lowest BCUT2D eigenvalue weighted by atomic mass is 9.96. The molecule has 0 amide bonds. The SMILES string of the molecule is [2H]C[C@]12O[C@H]([3H])[C@H](O[C@H]1C)[C@@H]2O. The van der Waals surface area contributed by atoms with Crippen LogP contribution in [-0.2, 0) is 9.47 Å². The Balaban J connectivity index is 2.30. The van der Waals surface area contributed by atoms with Crippen molar-refractivity contribution in [2.75, 3.05) is 6.58 Å². The molecule has 0 aromatic heterocycles. The van der Waals surface area contributed by atoms with Crippen LogP contribution in [0.15, 0.2) is 0 Å². The van der Waals surface area contributed by atoms with Crippen molar-refractivity contribution in [2.45, 2.75) is 37.7 Å². The summed E-state index contributed by atoms with van der Waals surface area (Å²) >= 11 is 0. The first kappa shape index (κ1) is 4.70. The van der Waals surface area contributed by atoms with Crippen LogP contribution in [0.25, 0.3) is 0 Å². The fourth-order valence-electron chi connectivity index (χ4n) is 1.41. The summed E-state index contributed by atoms with van der Waals surface area (Å²) in [6, 6.07) is 0. The molecule has 10 heavy (non-hydrogen) atoms. The summed E-state index contributed by atoms with van der Waals surface area (Å²) in [5.41, 5.74) is -0.947. The molecular formula is C7H12O3. The monoisotopic (exact) mass is 147 g/mol. The van der Waals surface area contributed by atoms with Crippen LogP contribution in [-0.4, -0.2) is 35.6 Å². The predicted molar refractivity (Wildman–Crippen MR) is 34.7 cm³/mol. The van der Waals surface area contributed by atoms with Crippen molar-refractivity contribution in [3.63, 3.8) is 0 Å². The van der Waals surface area contributed by atoms with Gasteiger partial charge < -0.3 is 14.6 Å². The summed E-state index contributed by atoms with van der Waals surface area (Å²) in [6.07, 6.45) is -1.66. The summed E-state index contributed by atoms with van der Waals surface area (Å²) in [5, 5.41) is 9.63. The van der Waals surface area contributed by atoms with Crippen molar-refractivity contribution in [2.24, 2.45) is 0 Å². The highest BCUT2D eigenvalue weighted by molar-refractivity contribution is 5.05. The second-order valence-corrected chi connectivity index (χ2v) is 2.90. The molecule has 5 atom stereocenters. The number of ether oxygens (including phenoxy) is 2. The number of hydrogen-bond acceptors (Lipinski definition) is 3. The Morgan fingerprint density at radius 3 is 3.20 bits per heavy atom. The molecule has 0 saturated carbocycles. The quantitative estimate of drug-likeness (QED) is 0.521. The molecule has 0 aromatic carbocycles. The number of hydrogen-bond donors (Lipinski definition) is 1. The van der Waals surface area contributed by atoms with E-state index in [-0.39, 0.29) is 13.0 Å². The Bertz CT molecular complexity index is 201. The Kier molecular flexibility index (Phi) is 0.810. The van der Waals surface area contributed by atoms with E-state index in [9.17, 15) is 5.11 Å². The van der Waals surface area contributed by atoms with Crippen molar-refractivity contribution in [3.05, 3.63) is 0 Å². The van der Waals surface area contributed by atoms with Crippen LogP contribution in [0.1, 0.15) is 16.6 Å². The molecule has 0 spiro atoms. The molecule has 3 heteroatoms. The van der Waals surface area contributed by atoms with Gasteiger partial charge in [0.1, 0.15) is 17.8 Å². The Hall–Kier alpha value is -0.120. The lowest BCUT2D eigenvalue weighted by Gasteiger charge is -2.28. The highest BCUT2D eigenvalue weighted by Crippen LogP contribution is 2.39. The van der Waals surface area contributed by atoms with E-state index in [1.54, 1.807) is 6.92 Å². The first-order valence-electron chi connectivity index (χ1n) is 4.63. The minimum Gasteiger partial charge on any atom is -0.387 e. The second-order valence-electron chi connectivity index (χ2n) is 2.90. The van der Waals surface area contributed by atoms with Crippen LogP contribution in [0.4, 0.5) is 0 Å². The Morgan fingerprint density at radius 2 is 2.80 bits per heavy atom. The van der Waals surface area contributed by atoms with E-state index in [4.69, 9.17) is 12.2 Å². The van der Waals surface area contributed by atoms with Crippen LogP contribution >= 0.6 is 0 Å². The van der Waals surface area contributed by atoms with Crippen LogP contribution in [0.2, 0.25) is 0 Å². The summed E-state index contributed by atoms with van der Waals surface area (Å²) in [4.78, 5) is 0. The van der Waals surface area contributed by atoms with Gasteiger partial charge in [0.25, 0.3) is 0 Å². The third-order valence-corrected chi connectivity index (χ3v) is 2.28. The van der Waals surface area contributed by atoms with Gasteiger partial charge in [-0.1, -0.05) is 0 Å². The molecule has 2 fully saturated rings. The van der Waals surface area contributed by atoms with Gasteiger partial charge in [0.05, 0.1) is 14.1 Å². The zero-order chi connectivity index (χ0) is 8.93. The zero-order valence-electron chi connectivity index (χ0n) is 7.78. The van der Waals surface area contributed by atoms with E-state index < -0.39 is 24.4 Å². The van der Waals surface area contributed by atoms with Crippen molar-refractivity contribution in [1.82, 2.24) is 0 Å². The number of aliphatic hydroxyl groups is 1. The molecule has 3 nitrogen and oxygen atoms in total. The lowest BCUT2D eigenvalue weighted by Crippen LogP contribution is -2.42. The smallest absolute Gasteiger partial charge is 0.120 e. The van der Waals surface area contributed by atoms with Crippen molar-refractivity contribution >= 4 is 0 Å². The van der Waals surface area contributed by atoms with Gasteiger partial charge in [-0.15, -0.1) is 0 Å². The van der Waals surface area contributed by atoms with Crippen LogP contribution in [0.5, 0.6) is 0 Å². The van der Waals surface area contributed by atoms with Crippen LogP contribution in [0, 0.1) is 0 Å². The van der Waals surface area contributed by atoms with E-state index in [1.807, 2.05) is 0 Å². The normalized spacial score (nSPS) is 69.8. The van der Waals surface area contributed by atoms with Gasteiger partial charge in [0, 0.05) is 1.37 Å². The minimum atomic E-state index is -0.947. The molecule has 1 N–H and O–H groups in total. The van der Waals surface area contributed by atoms with Gasteiger partial charge in [0.15, 0.2) is 0 Å². The van der Waals surface area contributed by atoms with E-state index in [1.165, 1.54) is 0 Å². The maximum atomic E-state index is 9.63. The number of fused-ring (bicyclic) bond motifs is 2. The lowest BCUT2D eigenvalue weighted by molar-refractivity contribution is -0.133. The van der Waals surface area contributed by atoms with E-state index >= 15 is 0 Å². The molecule has 2 bridgehead atoms. The maximum absolute atomic E-state index is 9.63. The molecular weight excluding hydrogens is 132 g/mol.